The van der Waals surface area contributed by atoms with Gasteiger partial charge < -0.3 is 14.4 Å². The zero-order valence-electron chi connectivity index (χ0n) is 16.1. The van der Waals surface area contributed by atoms with Gasteiger partial charge in [0, 0.05) is 24.6 Å². The van der Waals surface area contributed by atoms with Gasteiger partial charge in [-0.1, -0.05) is 0 Å². The van der Waals surface area contributed by atoms with Gasteiger partial charge in [0.05, 0.1) is 18.8 Å². The Hall–Kier alpha value is -1.83. The number of hydrogen-bond donors (Lipinski definition) is 0. The van der Waals surface area contributed by atoms with E-state index in [1.54, 1.807) is 12.4 Å². The topological polar surface area (TPSA) is 65.3 Å². The summed E-state index contributed by atoms with van der Waals surface area (Å²) in [5.41, 5.74) is 0.994. The summed E-state index contributed by atoms with van der Waals surface area (Å²) >= 11 is 0. The molecule has 0 radical (unpaired) electrons. The SMILES string of the molecule is CN1CCC(n2nc(-c3ccncc3)nc2COC[C@@H]2CCCCO2)CC1. The second kappa shape index (κ2) is 8.91. The minimum Gasteiger partial charge on any atom is -0.376 e. The summed E-state index contributed by atoms with van der Waals surface area (Å²) in [6.45, 7) is 4.14. The molecule has 2 fully saturated rings. The highest BCUT2D eigenvalue weighted by molar-refractivity contribution is 5.53. The first kappa shape index (κ1) is 18.5. The van der Waals surface area contributed by atoms with Gasteiger partial charge >= 0.3 is 0 Å². The highest BCUT2D eigenvalue weighted by atomic mass is 16.5. The molecule has 7 nitrogen and oxygen atoms in total. The lowest BCUT2D eigenvalue weighted by Gasteiger charge is -2.29. The van der Waals surface area contributed by atoms with Crippen LogP contribution in [0.15, 0.2) is 24.5 Å². The molecule has 0 N–H and O–H groups in total. The van der Waals surface area contributed by atoms with Crippen molar-refractivity contribution >= 4 is 0 Å². The normalized spacial score (nSPS) is 22.2. The van der Waals surface area contributed by atoms with Crippen LogP contribution in [0.3, 0.4) is 0 Å². The van der Waals surface area contributed by atoms with Crippen LogP contribution in [0.4, 0.5) is 0 Å². The fourth-order valence-electron chi connectivity index (χ4n) is 3.83. The minimum absolute atomic E-state index is 0.220. The van der Waals surface area contributed by atoms with Gasteiger partial charge in [-0.2, -0.15) is 5.10 Å². The number of nitrogens with zero attached hydrogens (tertiary/aromatic N) is 5. The zero-order valence-corrected chi connectivity index (χ0v) is 16.1. The van der Waals surface area contributed by atoms with Crippen LogP contribution in [0.5, 0.6) is 0 Å². The molecule has 2 saturated heterocycles. The van der Waals surface area contributed by atoms with E-state index in [-0.39, 0.29) is 6.10 Å². The Bertz CT molecular complexity index is 706. The Kier molecular flexibility index (Phi) is 6.11. The van der Waals surface area contributed by atoms with Crippen LogP contribution in [0, 0.1) is 0 Å². The average molecular weight is 371 g/mol. The maximum Gasteiger partial charge on any atom is 0.181 e. The van der Waals surface area contributed by atoms with Crippen LogP contribution in [0.1, 0.15) is 44.0 Å². The van der Waals surface area contributed by atoms with Gasteiger partial charge in [-0.05, 0) is 64.4 Å². The number of hydrogen-bond acceptors (Lipinski definition) is 6. The summed E-state index contributed by atoms with van der Waals surface area (Å²) in [5, 5.41) is 4.84. The molecule has 0 bridgehead atoms. The molecule has 2 aromatic heterocycles. The van der Waals surface area contributed by atoms with Gasteiger partial charge in [0.25, 0.3) is 0 Å². The Balaban J connectivity index is 1.48. The van der Waals surface area contributed by atoms with Gasteiger partial charge in [0.15, 0.2) is 11.6 Å². The molecule has 1 atom stereocenters. The zero-order chi connectivity index (χ0) is 18.5. The van der Waals surface area contributed by atoms with Gasteiger partial charge in [-0.15, -0.1) is 0 Å². The third-order valence-corrected chi connectivity index (χ3v) is 5.48. The Labute approximate surface area is 160 Å². The molecular formula is C20H29N5O2. The van der Waals surface area contributed by atoms with Crippen molar-refractivity contribution < 1.29 is 9.47 Å². The monoisotopic (exact) mass is 371 g/mol. The summed E-state index contributed by atoms with van der Waals surface area (Å²) in [4.78, 5) is 11.3. The lowest BCUT2D eigenvalue weighted by Crippen LogP contribution is -2.32. The maximum atomic E-state index is 5.99. The lowest BCUT2D eigenvalue weighted by molar-refractivity contribution is -0.0466. The van der Waals surface area contributed by atoms with E-state index in [4.69, 9.17) is 19.6 Å². The molecule has 0 amide bonds. The van der Waals surface area contributed by atoms with E-state index in [2.05, 4.69) is 21.6 Å². The van der Waals surface area contributed by atoms with Crippen LogP contribution < -0.4 is 0 Å². The Morgan fingerprint density at radius 2 is 1.96 bits per heavy atom. The molecule has 0 saturated carbocycles. The maximum absolute atomic E-state index is 5.99. The highest BCUT2D eigenvalue weighted by Gasteiger charge is 2.24. The molecule has 4 rings (SSSR count). The van der Waals surface area contributed by atoms with Crippen LogP contribution >= 0.6 is 0 Å². The van der Waals surface area contributed by atoms with Crippen molar-refractivity contribution in [1.82, 2.24) is 24.6 Å². The third-order valence-electron chi connectivity index (χ3n) is 5.48. The molecule has 2 aromatic rings. The molecule has 146 valence electrons. The third kappa shape index (κ3) is 4.72. The van der Waals surface area contributed by atoms with Gasteiger partial charge in [-0.25, -0.2) is 9.67 Å². The quantitative estimate of drug-likeness (QED) is 0.778. The van der Waals surface area contributed by atoms with E-state index in [1.807, 2.05) is 12.1 Å². The smallest absolute Gasteiger partial charge is 0.181 e. The Morgan fingerprint density at radius 1 is 1.15 bits per heavy atom. The fourth-order valence-corrected chi connectivity index (χ4v) is 3.83. The predicted molar refractivity (Wildman–Crippen MR) is 102 cm³/mol. The first-order valence-electron chi connectivity index (χ1n) is 10.0. The van der Waals surface area contributed by atoms with E-state index in [0.29, 0.717) is 19.3 Å². The van der Waals surface area contributed by atoms with E-state index < -0.39 is 0 Å². The number of ether oxygens (including phenoxy) is 2. The van der Waals surface area contributed by atoms with Gasteiger partial charge in [0.2, 0.25) is 0 Å². The van der Waals surface area contributed by atoms with Crippen molar-refractivity contribution in [2.45, 2.75) is 50.9 Å². The number of rotatable bonds is 6. The molecule has 0 unspecified atom stereocenters. The lowest BCUT2D eigenvalue weighted by atomic mass is 10.1. The second-order valence-corrected chi connectivity index (χ2v) is 7.57. The van der Waals surface area contributed by atoms with E-state index >= 15 is 0 Å². The Morgan fingerprint density at radius 3 is 2.70 bits per heavy atom. The second-order valence-electron chi connectivity index (χ2n) is 7.57. The van der Waals surface area contributed by atoms with Crippen molar-refractivity contribution in [3.63, 3.8) is 0 Å². The molecule has 0 aromatic carbocycles. The average Bonchev–Trinajstić information content (AvgIpc) is 3.14. The van der Waals surface area contributed by atoms with Gasteiger partial charge in [0.1, 0.15) is 6.61 Å². The van der Waals surface area contributed by atoms with Crippen molar-refractivity contribution in [1.29, 1.82) is 0 Å². The van der Waals surface area contributed by atoms with E-state index in [0.717, 1.165) is 62.6 Å². The van der Waals surface area contributed by atoms with E-state index in [1.165, 1.54) is 6.42 Å². The molecule has 4 heterocycles. The van der Waals surface area contributed by atoms with Crippen molar-refractivity contribution in [3.8, 4) is 11.4 Å². The number of likely N-dealkylation sites (tertiary alicyclic amines) is 1. The summed E-state index contributed by atoms with van der Waals surface area (Å²) in [5.74, 6) is 1.66. The molecule has 0 spiro atoms. The molecular weight excluding hydrogens is 342 g/mol. The molecule has 7 heteroatoms. The van der Waals surface area contributed by atoms with Crippen molar-refractivity contribution in [2.24, 2.45) is 0 Å². The number of pyridine rings is 1. The first-order valence-corrected chi connectivity index (χ1v) is 10.0. The standard InChI is InChI=1S/C20H29N5O2/c1-24-11-7-17(8-12-24)25-19(15-26-14-18-4-2-3-13-27-18)22-20(23-25)16-5-9-21-10-6-16/h5-6,9-10,17-18H,2-4,7-8,11-15H2,1H3/t18-/m0/s1. The van der Waals surface area contributed by atoms with Crippen LogP contribution in [0.25, 0.3) is 11.4 Å². The van der Waals surface area contributed by atoms with Crippen molar-refractivity contribution in [3.05, 3.63) is 30.4 Å². The van der Waals surface area contributed by atoms with Crippen LogP contribution in [-0.2, 0) is 16.1 Å². The molecule has 27 heavy (non-hydrogen) atoms. The molecule has 2 aliphatic heterocycles. The molecule has 2 aliphatic rings. The number of piperidine rings is 1. The largest absolute Gasteiger partial charge is 0.376 e. The van der Waals surface area contributed by atoms with Gasteiger partial charge in [-0.3, -0.25) is 4.98 Å². The van der Waals surface area contributed by atoms with Crippen LogP contribution in [-0.4, -0.2) is 64.1 Å². The van der Waals surface area contributed by atoms with Crippen molar-refractivity contribution in [2.75, 3.05) is 33.4 Å². The molecule has 0 aliphatic carbocycles. The summed E-state index contributed by atoms with van der Waals surface area (Å²) in [6, 6.07) is 4.29. The highest BCUT2D eigenvalue weighted by Crippen LogP contribution is 2.25. The summed E-state index contributed by atoms with van der Waals surface area (Å²) in [7, 11) is 2.17. The summed E-state index contributed by atoms with van der Waals surface area (Å²) in [6.07, 6.45) is 9.44. The predicted octanol–water partition coefficient (Wildman–Crippen LogP) is 2.69. The minimum atomic E-state index is 0.220. The van der Waals surface area contributed by atoms with Crippen LogP contribution in [0.2, 0.25) is 0 Å². The first-order chi connectivity index (χ1) is 13.3. The number of aromatic nitrogens is 4. The summed E-state index contributed by atoms with van der Waals surface area (Å²) < 4.78 is 13.9. The fraction of sp³-hybridized carbons (Fsp3) is 0.650. The van der Waals surface area contributed by atoms with E-state index in [9.17, 15) is 0 Å².